The number of aromatic nitrogens is 3. The zero-order valence-corrected chi connectivity index (χ0v) is 22.2. The van der Waals surface area contributed by atoms with Gasteiger partial charge in [-0.1, -0.05) is 0 Å². The summed E-state index contributed by atoms with van der Waals surface area (Å²) < 4.78 is 12.6. The smallest absolute Gasteiger partial charge is 0.419 e. The number of pyridine rings is 2. The van der Waals surface area contributed by atoms with Crippen LogP contribution in [0.25, 0.3) is 22.2 Å². The maximum absolute atomic E-state index is 12.8. The number of carbonyl (C=O) groups is 2. The third-order valence-electron chi connectivity index (χ3n) is 5.75. The van der Waals surface area contributed by atoms with Gasteiger partial charge in [0.2, 0.25) is 0 Å². The van der Waals surface area contributed by atoms with E-state index in [0.717, 1.165) is 28.0 Å². The van der Waals surface area contributed by atoms with Crippen LogP contribution in [0.5, 0.6) is 0 Å². The van der Waals surface area contributed by atoms with Crippen LogP contribution in [0.1, 0.15) is 47.1 Å². The Balaban J connectivity index is 1.48. The average molecular weight is 494 g/mol. The summed E-state index contributed by atoms with van der Waals surface area (Å²) in [5.74, 6) is 0.851. The van der Waals surface area contributed by atoms with E-state index in [-0.39, 0.29) is 6.09 Å². The first kappa shape index (κ1) is 25.5. The molecule has 9 heteroatoms. The Kier molecular flexibility index (Phi) is 6.68. The molecule has 4 rings (SSSR count). The van der Waals surface area contributed by atoms with Crippen molar-refractivity contribution >= 4 is 29.0 Å². The Morgan fingerprint density at radius 1 is 0.833 bits per heavy atom. The molecule has 0 aliphatic carbocycles. The third kappa shape index (κ3) is 5.78. The maximum atomic E-state index is 12.8. The molecule has 192 valence electrons. The Morgan fingerprint density at radius 2 is 1.44 bits per heavy atom. The Morgan fingerprint density at radius 3 is 2.03 bits per heavy atom. The number of anilines is 1. The standard InChI is InChI=1S/C27H35N5O4/c1-18-17-32(25(34)36-27(5,6)7)21-14-20(16-29-23(18)21)19-8-9-22(28-15-19)30-10-12-31(13-11-30)24(33)35-26(2,3)4/h8-9,14-17H,10-13H2,1-7H3. The van der Waals surface area contributed by atoms with Crippen LogP contribution in [0.3, 0.4) is 0 Å². The number of hydrogen-bond donors (Lipinski definition) is 0. The lowest BCUT2D eigenvalue weighted by Gasteiger charge is -2.36. The summed E-state index contributed by atoms with van der Waals surface area (Å²) in [7, 11) is 0. The van der Waals surface area contributed by atoms with E-state index in [1.54, 1.807) is 17.3 Å². The van der Waals surface area contributed by atoms with Crippen molar-refractivity contribution in [3.63, 3.8) is 0 Å². The largest absolute Gasteiger partial charge is 0.444 e. The van der Waals surface area contributed by atoms with Crippen LogP contribution in [0, 0.1) is 6.92 Å². The third-order valence-corrected chi connectivity index (χ3v) is 5.75. The van der Waals surface area contributed by atoms with E-state index < -0.39 is 17.3 Å². The molecule has 0 bridgehead atoms. The molecule has 0 atom stereocenters. The number of carbonyl (C=O) groups excluding carboxylic acids is 2. The highest BCUT2D eigenvalue weighted by Crippen LogP contribution is 2.27. The van der Waals surface area contributed by atoms with Gasteiger partial charge in [0.25, 0.3) is 0 Å². The number of fused-ring (bicyclic) bond motifs is 1. The molecule has 1 amide bonds. The number of nitrogens with zero attached hydrogens (tertiary/aromatic N) is 5. The van der Waals surface area contributed by atoms with Gasteiger partial charge in [-0.25, -0.2) is 14.6 Å². The second-order valence-electron chi connectivity index (χ2n) is 11.1. The second kappa shape index (κ2) is 9.44. The number of aryl methyl sites for hydroxylation is 1. The predicted octanol–water partition coefficient (Wildman–Crippen LogP) is 5.25. The van der Waals surface area contributed by atoms with Crippen molar-refractivity contribution in [2.75, 3.05) is 31.1 Å². The molecule has 0 unspecified atom stereocenters. The molecule has 0 N–H and O–H groups in total. The highest BCUT2D eigenvalue weighted by Gasteiger charge is 2.26. The van der Waals surface area contributed by atoms with Crippen molar-refractivity contribution in [2.24, 2.45) is 0 Å². The maximum Gasteiger partial charge on any atom is 0.419 e. The molecule has 0 spiro atoms. The van der Waals surface area contributed by atoms with Gasteiger partial charge < -0.3 is 19.3 Å². The number of ether oxygens (including phenoxy) is 2. The van der Waals surface area contributed by atoms with E-state index in [4.69, 9.17) is 9.47 Å². The summed E-state index contributed by atoms with van der Waals surface area (Å²) in [6, 6.07) is 5.91. The molecular formula is C27H35N5O4. The molecule has 0 aromatic carbocycles. The minimum absolute atomic E-state index is 0.278. The van der Waals surface area contributed by atoms with E-state index in [1.165, 1.54) is 4.57 Å². The molecule has 4 heterocycles. The summed E-state index contributed by atoms with van der Waals surface area (Å²) in [5.41, 5.74) is 3.02. The number of rotatable bonds is 2. The quantitative estimate of drug-likeness (QED) is 0.482. The zero-order chi connectivity index (χ0) is 26.3. The second-order valence-corrected chi connectivity index (χ2v) is 11.1. The van der Waals surface area contributed by atoms with Crippen LogP contribution >= 0.6 is 0 Å². The Hall–Kier alpha value is -3.62. The minimum Gasteiger partial charge on any atom is -0.444 e. The molecule has 1 fully saturated rings. The molecule has 36 heavy (non-hydrogen) atoms. The fourth-order valence-corrected chi connectivity index (χ4v) is 4.07. The van der Waals surface area contributed by atoms with Gasteiger partial charge in [0.1, 0.15) is 17.0 Å². The van der Waals surface area contributed by atoms with Crippen LogP contribution < -0.4 is 4.90 Å². The highest BCUT2D eigenvalue weighted by molar-refractivity contribution is 5.91. The first-order chi connectivity index (χ1) is 16.8. The highest BCUT2D eigenvalue weighted by atomic mass is 16.6. The van der Waals surface area contributed by atoms with E-state index >= 15 is 0 Å². The van der Waals surface area contributed by atoms with Gasteiger partial charge in [0.05, 0.1) is 11.0 Å². The lowest BCUT2D eigenvalue weighted by molar-refractivity contribution is 0.0240. The minimum atomic E-state index is -0.593. The summed E-state index contributed by atoms with van der Waals surface area (Å²) in [4.78, 5) is 38.2. The number of hydrogen-bond acceptors (Lipinski definition) is 7. The molecule has 1 aliphatic heterocycles. The van der Waals surface area contributed by atoms with Crippen molar-refractivity contribution in [1.82, 2.24) is 19.4 Å². The molecule has 0 saturated carbocycles. The van der Waals surface area contributed by atoms with Crippen LogP contribution in [-0.2, 0) is 9.47 Å². The first-order valence-corrected chi connectivity index (χ1v) is 12.2. The van der Waals surface area contributed by atoms with Gasteiger partial charge in [0, 0.05) is 55.9 Å². The number of piperazine rings is 1. The molecule has 9 nitrogen and oxygen atoms in total. The van der Waals surface area contributed by atoms with E-state index in [9.17, 15) is 9.59 Å². The molecule has 3 aromatic heterocycles. The summed E-state index contributed by atoms with van der Waals surface area (Å²) >= 11 is 0. The summed E-state index contributed by atoms with van der Waals surface area (Å²) in [5, 5.41) is 0. The monoisotopic (exact) mass is 493 g/mol. The van der Waals surface area contributed by atoms with Crippen LogP contribution in [0.4, 0.5) is 15.4 Å². The lowest BCUT2D eigenvalue weighted by Crippen LogP contribution is -2.50. The van der Waals surface area contributed by atoms with Crippen molar-refractivity contribution in [2.45, 2.75) is 59.7 Å². The normalized spacial score (nSPS) is 14.8. The summed E-state index contributed by atoms with van der Waals surface area (Å²) in [6.45, 7) is 15.6. The topological polar surface area (TPSA) is 89.8 Å². The SMILES string of the molecule is Cc1cn(C(=O)OC(C)(C)C)c2cc(-c3ccc(N4CCN(C(=O)OC(C)(C)C)CC4)nc3)cnc12. The predicted molar refractivity (Wildman–Crippen MR) is 139 cm³/mol. The number of amides is 1. The van der Waals surface area contributed by atoms with Gasteiger partial charge in [0.15, 0.2) is 0 Å². The van der Waals surface area contributed by atoms with Gasteiger partial charge >= 0.3 is 12.2 Å². The van der Waals surface area contributed by atoms with Gasteiger partial charge in [-0.05, 0) is 72.2 Å². The molecule has 1 aliphatic rings. The molecule has 1 saturated heterocycles. The van der Waals surface area contributed by atoms with Gasteiger partial charge in [-0.15, -0.1) is 0 Å². The molecule has 3 aromatic rings. The van der Waals surface area contributed by atoms with Crippen LogP contribution in [0.2, 0.25) is 0 Å². The van der Waals surface area contributed by atoms with Gasteiger partial charge in [-0.3, -0.25) is 9.55 Å². The van der Waals surface area contributed by atoms with Crippen molar-refractivity contribution in [1.29, 1.82) is 0 Å². The van der Waals surface area contributed by atoms with E-state index in [0.29, 0.717) is 31.7 Å². The van der Waals surface area contributed by atoms with Crippen LogP contribution in [-0.4, -0.2) is 69.0 Å². The Bertz CT molecular complexity index is 1260. The van der Waals surface area contributed by atoms with Crippen molar-refractivity contribution in [3.05, 3.63) is 42.4 Å². The van der Waals surface area contributed by atoms with E-state index in [1.807, 2.05) is 72.9 Å². The van der Waals surface area contributed by atoms with Crippen molar-refractivity contribution in [3.8, 4) is 11.1 Å². The van der Waals surface area contributed by atoms with Crippen molar-refractivity contribution < 1.29 is 19.1 Å². The first-order valence-electron chi connectivity index (χ1n) is 12.2. The fourth-order valence-electron chi connectivity index (χ4n) is 4.07. The fraction of sp³-hybridized carbons (Fsp3) is 0.481. The average Bonchev–Trinajstić information content (AvgIpc) is 3.13. The van der Waals surface area contributed by atoms with E-state index in [2.05, 4.69) is 14.9 Å². The summed E-state index contributed by atoms with van der Waals surface area (Å²) in [6.07, 6.45) is 4.66. The Labute approximate surface area is 212 Å². The zero-order valence-electron chi connectivity index (χ0n) is 22.2. The van der Waals surface area contributed by atoms with Gasteiger partial charge in [-0.2, -0.15) is 0 Å². The lowest BCUT2D eigenvalue weighted by atomic mass is 10.1. The molecule has 0 radical (unpaired) electrons. The molecular weight excluding hydrogens is 458 g/mol. The van der Waals surface area contributed by atoms with Crippen LogP contribution in [0.15, 0.2) is 36.8 Å².